The standard InChI is InChI=1S/C17H22N2O2/c1-4-19-16(10-9-15(18)17(19)20)13-5-7-14(8-6-13)21-11-12(2)3/h5-10,12H,4,11,18H2,1-3H3. The van der Waals surface area contributed by atoms with Crippen LogP contribution in [0.3, 0.4) is 0 Å². The molecule has 0 saturated carbocycles. The van der Waals surface area contributed by atoms with Gasteiger partial charge in [0.25, 0.3) is 5.56 Å². The first kappa shape index (κ1) is 15.2. The lowest BCUT2D eigenvalue weighted by Gasteiger charge is -2.13. The fraction of sp³-hybridized carbons (Fsp3) is 0.353. The lowest BCUT2D eigenvalue weighted by atomic mass is 10.1. The van der Waals surface area contributed by atoms with Crippen LogP contribution >= 0.6 is 0 Å². The van der Waals surface area contributed by atoms with Crippen molar-refractivity contribution in [2.24, 2.45) is 5.92 Å². The van der Waals surface area contributed by atoms with Crippen molar-refractivity contribution in [1.82, 2.24) is 4.57 Å². The number of hydrogen-bond donors (Lipinski definition) is 1. The van der Waals surface area contributed by atoms with Gasteiger partial charge in [0.1, 0.15) is 5.75 Å². The van der Waals surface area contributed by atoms with Crippen molar-refractivity contribution in [2.75, 3.05) is 12.3 Å². The normalized spacial score (nSPS) is 10.9. The van der Waals surface area contributed by atoms with Crippen LogP contribution in [-0.4, -0.2) is 11.2 Å². The first-order chi connectivity index (χ1) is 10.0. The van der Waals surface area contributed by atoms with Gasteiger partial charge in [-0.3, -0.25) is 4.79 Å². The zero-order chi connectivity index (χ0) is 15.4. The first-order valence-electron chi connectivity index (χ1n) is 7.25. The minimum Gasteiger partial charge on any atom is -0.493 e. The molecule has 0 amide bonds. The Morgan fingerprint density at radius 2 is 1.81 bits per heavy atom. The molecule has 0 aliphatic carbocycles. The first-order valence-corrected chi connectivity index (χ1v) is 7.25. The fourth-order valence-electron chi connectivity index (χ4n) is 2.15. The molecule has 4 nitrogen and oxygen atoms in total. The molecule has 2 N–H and O–H groups in total. The molecule has 1 aromatic heterocycles. The monoisotopic (exact) mass is 286 g/mol. The number of nitrogens with zero attached hydrogens (tertiary/aromatic N) is 1. The molecule has 4 heteroatoms. The summed E-state index contributed by atoms with van der Waals surface area (Å²) < 4.78 is 7.35. The lowest BCUT2D eigenvalue weighted by Crippen LogP contribution is -2.23. The van der Waals surface area contributed by atoms with E-state index in [9.17, 15) is 4.79 Å². The molecule has 0 unspecified atom stereocenters. The maximum atomic E-state index is 12.1. The van der Waals surface area contributed by atoms with Crippen molar-refractivity contribution >= 4 is 5.69 Å². The van der Waals surface area contributed by atoms with Crippen molar-refractivity contribution < 1.29 is 4.74 Å². The van der Waals surface area contributed by atoms with Gasteiger partial charge in [-0.05, 0) is 54.8 Å². The van der Waals surface area contributed by atoms with E-state index in [1.165, 1.54) is 0 Å². The maximum absolute atomic E-state index is 12.1. The topological polar surface area (TPSA) is 57.2 Å². The van der Waals surface area contributed by atoms with Gasteiger partial charge in [-0.25, -0.2) is 0 Å². The molecule has 0 aliphatic heterocycles. The summed E-state index contributed by atoms with van der Waals surface area (Å²) in [6.45, 7) is 7.45. The highest BCUT2D eigenvalue weighted by Crippen LogP contribution is 2.22. The Morgan fingerprint density at radius 3 is 2.38 bits per heavy atom. The minimum atomic E-state index is -0.143. The third kappa shape index (κ3) is 3.45. The van der Waals surface area contributed by atoms with E-state index in [0.29, 0.717) is 19.1 Å². The van der Waals surface area contributed by atoms with Crippen LogP contribution in [0.4, 0.5) is 5.69 Å². The molecule has 0 aliphatic rings. The van der Waals surface area contributed by atoms with Crippen LogP contribution in [0, 0.1) is 5.92 Å². The number of rotatable bonds is 5. The van der Waals surface area contributed by atoms with Crippen LogP contribution in [0.15, 0.2) is 41.2 Å². The summed E-state index contributed by atoms with van der Waals surface area (Å²) in [5, 5.41) is 0. The molecular weight excluding hydrogens is 264 g/mol. The predicted molar refractivity (Wildman–Crippen MR) is 86.6 cm³/mol. The van der Waals surface area contributed by atoms with Crippen molar-refractivity contribution in [3.63, 3.8) is 0 Å². The average molecular weight is 286 g/mol. The summed E-state index contributed by atoms with van der Waals surface area (Å²) in [5.74, 6) is 1.33. The number of anilines is 1. The Labute approximate surface area is 125 Å². The summed E-state index contributed by atoms with van der Waals surface area (Å²) in [5.41, 5.74) is 7.66. The third-order valence-electron chi connectivity index (χ3n) is 3.25. The van der Waals surface area contributed by atoms with Gasteiger partial charge in [0, 0.05) is 6.54 Å². The van der Waals surface area contributed by atoms with Gasteiger partial charge < -0.3 is 15.0 Å². The number of ether oxygens (including phenoxy) is 1. The number of nitrogen functional groups attached to an aromatic ring is 1. The highest BCUT2D eigenvalue weighted by Gasteiger charge is 2.08. The molecule has 2 aromatic rings. The Balaban J connectivity index is 2.31. The molecule has 1 aromatic carbocycles. The van der Waals surface area contributed by atoms with Crippen molar-refractivity contribution in [3.05, 3.63) is 46.8 Å². The lowest BCUT2D eigenvalue weighted by molar-refractivity contribution is 0.271. The summed E-state index contributed by atoms with van der Waals surface area (Å²) >= 11 is 0. The molecule has 0 saturated heterocycles. The van der Waals surface area contributed by atoms with E-state index in [1.54, 1.807) is 10.6 Å². The highest BCUT2D eigenvalue weighted by atomic mass is 16.5. The summed E-state index contributed by atoms with van der Waals surface area (Å²) in [7, 11) is 0. The maximum Gasteiger partial charge on any atom is 0.274 e. The van der Waals surface area contributed by atoms with Gasteiger partial charge in [-0.1, -0.05) is 13.8 Å². The molecule has 0 atom stereocenters. The van der Waals surface area contributed by atoms with Crippen LogP contribution in [0.1, 0.15) is 20.8 Å². The Morgan fingerprint density at radius 1 is 1.14 bits per heavy atom. The van der Waals surface area contributed by atoms with Crippen LogP contribution in [-0.2, 0) is 6.54 Å². The summed E-state index contributed by atoms with van der Waals surface area (Å²) in [6.07, 6.45) is 0. The zero-order valence-corrected chi connectivity index (χ0v) is 12.8. The minimum absolute atomic E-state index is 0.143. The van der Waals surface area contributed by atoms with Crippen LogP contribution in [0.2, 0.25) is 0 Å². The van der Waals surface area contributed by atoms with Crippen LogP contribution in [0.25, 0.3) is 11.3 Å². The summed E-state index contributed by atoms with van der Waals surface area (Å²) in [6, 6.07) is 11.3. The van der Waals surface area contributed by atoms with E-state index >= 15 is 0 Å². The molecule has 1 heterocycles. The van der Waals surface area contributed by atoms with E-state index < -0.39 is 0 Å². The van der Waals surface area contributed by atoms with E-state index in [1.807, 2.05) is 37.3 Å². The van der Waals surface area contributed by atoms with Gasteiger partial charge in [0.15, 0.2) is 0 Å². The van der Waals surface area contributed by atoms with Crippen molar-refractivity contribution in [3.8, 4) is 17.0 Å². The third-order valence-corrected chi connectivity index (χ3v) is 3.25. The number of nitrogens with two attached hydrogens (primary N) is 1. The van der Waals surface area contributed by atoms with Crippen molar-refractivity contribution in [2.45, 2.75) is 27.3 Å². The van der Waals surface area contributed by atoms with Gasteiger partial charge in [0.05, 0.1) is 18.0 Å². The SMILES string of the molecule is CCn1c(-c2ccc(OCC(C)C)cc2)ccc(N)c1=O. The molecule has 21 heavy (non-hydrogen) atoms. The molecule has 0 radical (unpaired) electrons. The Hall–Kier alpha value is -2.23. The zero-order valence-electron chi connectivity index (χ0n) is 12.8. The summed E-state index contributed by atoms with van der Waals surface area (Å²) in [4.78, 5) is 12.1. The average Bonchev–Trinajstić information content (AvgIpc) is 2.48. The second-order valence-corrected chi connectivity index (χ2v) is 5.45. The van der Waals surface area contributed by atoms with E-state index in [4.69, 9.17) is 10.5 Å². The van der Waals surface area contributed by atoms with Gasteiger partial charge >= 0.3 is 0 Å². The Bertz CT molecular complexity index is 657. The van der Waals surface area contributed by atoms with E-state index in [2.05, 4.69) is 13.8 Å². The predicted octanol–water partition coefficient (Wildman–Crippen LogP) is 3.15. The smallest absolute Gasteiger partial charge is 0.274 e. The number of aromatic nitrogens is 1. The molecular formula is C17H22N2O2. The van der Waals surface area contributed by atoms with E-state index in [0.717, 1.165) is 17.0 Å². The molecule has 0 spiro atoms. The largest absolute Gasteiger partial charge is 0.493 e. The van der Waals surface area contributed by atoms with Gasteiger partial charge in [-0.2, -0.15) is 0 Å². The molecule has 0 bridgehead atoms. The number of pyridine rings is 1. The molecule has 112 valence electrons. The molecule has 2 rings (SSSR count). The highest BCUT2D eigenvalue weighted by molar-refractivity contribution is 5.62. The van der Waals surface area contributed by atoms with Crippen LogP contribution in [0.5, 0.6) is 5.75 Å². The van der Waals surface area contributed by atoms with Crippen LogP contribution < -0.4 is 16.0 Å². The fourth-order valence-corrected chi connectivity index (χ4v) is 2.15. The number of hydrogen-bond acceptors (Lipinski definition) is 3. The van der Waals surface area contributed by atoms with Crippen molar-refractivity contribution in [1.29, 1.82) is 0 Å². The Kier molecular flexibility index (Phi) is 4.68. The second-order valence-electron chi connectivity index (χ2n) is 5.45. The molecule has 0 fully saturated rings. The van der Waals surface area contributed by atoms with Gasteiger partial charge in [-0.15, -0.1) is 0 Å². The number of benzene rings is 1. The quantitative estimate of drug-likeness (QED) is 0.918. The van der Waals surface area contributed by atoms with E-state index in [-0.39, 0.29) is 11.2 Å². The second kappa shape index (κ2) is 6.48. The van der Waals surface area contributed by atoms with Gasteiger partial charge in [0.2, 0.25) is 0 Å².